The minimum atomic E-state index is -0.657. The summed E-state index contributed by atoms with van der Waals surface area (Å²) >= 11 is 0. The molecule has 118 valence electrons. The van der Waals surface area contributed by atoms with E-state index in [1.807, 2.05) is 0 Å². The minimum absolute atomic E-state index is 0.276. The Balaban J connectivity index is 1.52. The highest BCUT2D eigenvalue weighted by atomic mass is 16.6. The number of carbonyl (C=O) groups is 2. The molecule has 0 saturated heterocycles. The lowest BCUT2D eigenvalue weighted by atomic mass is 10.1. The van der Waals surface area contributed by atoms with Crippen molar-refractivity contribution in [3.63, 3.8) is 0 Å². The molecule has 0 radical (unpaired) electrons. The van der Waals surface area contributed by atoms with Gasteiger partial charge < -0.3 is 10.1 Å². The summed E-state index contributed by atoms with van der Waals surface area (Å²) < 4.78 is 1.38. The summed E-state index contributed by atoms with van der Waals surface area (Å²) in [6, 6.07) is 6.74. The van der Waals surface area contributed by atoms with Crippen molar-refractivity contribution < 1.29 is 14.5 Å². The third-order valence-corrected chi connectivity index (χ3v) is 3.58. The fraction of sp³-hybridized carbons (Fsp3) is 0.286. The summed E-state index contributed by atoms with van der Waals surface area (Å²) in [4.78, 5) is 38.9. The summed E-state index contributed by atoms with van der Waals surface area (Å²) in [6.07, 6.45) is 2.49. The quantitative estimate of drug-likeness (QED) is 0.343. The number of hydrogen-bond donors (Lipinski definition) is 0. The predicted octanol–water partition coefficient (Wildman–Crippen LogP) is 1.26. The van der Waals surface area contributed by atoms with E-state index in [1.54, 1.807) is 24.3 Å². The summed E-state index contributed by atoms with van der Waals surface area (Å²) in [5, 5.41) is 14.2. The summed E-state index contributed by atoms with van der Waals surface area (Å²) in [5.74, 6) is -0.991. The van der Waals surface area contributed by atoms with Gasteiger partial charge in [-0.25, -0.2) is 0 Å². The third kappa shape index (κ3) is 2.80. The van der Waals surface area contributed by atoms with Crippen LogP contribution in [-0.2, 0) is 6.54 Å². The molecule has 0 fully saturated rings. The summed E-state index contributed by atoms with van der Waals surface area (Å²) in [6.45, 7) is 0.743. The molecule has 2 heterocycles. The van der Waals surface area contributed by atoms with Gasteiger partial charge in [-0.1, -0.05) is 17.1 Å². The minimum Gasteiger partial charge on any atom is -0.390 e. The molecular weight excluding hydrogens is 302 g/mol. The van der Waals surface area contributed by atoms with Crippen molar-refractivity contribution in [2.75, 3.05) is 6.54 Å². The van der Waals surface area contributed by atoms with Crippen molar-refractivity contribution in [1.82, 2.24) is 19.7 Å². The van der Waals surface area contributed by atoms with Crippen LogP contribution in [0.1, 0.15) is 33.6 Å². The lowest BCUT2D eigenvalue weighted by molar-refractivity contribution is -0.394. The number of aryl methyl sites for hydroxylation is 1. The van der Waals surface area contributed by atoms with Gasteiger partial charge >= 0.3 is 5.95 Å². The second-order valence-corrected chi connectivity index (χ2v) is 5.08. The van der Waals surface area contributed by atoms with Crippen LogP contribution < -0.4 is 0 Å². The molecule has 3 rings (SSSR count). The van der Waals surface area contributed by atoms with Gasteiger partial charge in [0.2, 0.25) is 6.33 Å². The molecule has 1 aliphatic heterocycles. The van der Waals surface area contributed by atoms with Gasteiger partial charge in [0, 0.05) is 11.6 Å². The van der Waals surface area contributed by atoms with Crippen molar-refractivity contribution >= 4 is 17.8 Å². The second kappa shape index (κ2) is 5.95. The molecule has 1 aromatic heterocycles. The number of nitro groups is 1. The number of rotatable bonds is 6. The summed E-state index contributed by atoms with van der Waals surface area (Å²) in [5.41, 5.74) is 0.869. The van der Waals surface area contributed by atoms with Crippen molar-refractivity contribution in [3.8, 4) is 0 Å². The van der Waals surface area contributed by atoms with E-state index in [0.29, 0.717) is 37.1 Å². The number of hydrogen-bond acceptors (Lipinski definition) is 6. The number of carbonyl (C=O) groups excluding carboxylic acids is 2. The van der Waals surface area contributed by atoms with Crippen molar-refractivity contribution in [2.45, 2.75) is 19.4 Å². The molecule has 0 unspecified atom stereocenters. The fourth-order valence-electron chi connectivity index (χ4n) is 2.46. The number of amides is 2. The molecular formula is C14H13N5O4. The molecule has 2 amide bonds. The third-order valence-electron chi connectivity index (χ3n) is 3.58. The standard InChI is InChI=1S/C14H13N5O4/c20-12-10-5-1-2-6-11(10)13(21)18(12)8-4-3-7-17-9-15-14(16-17)19(22)23/h1-2,5-6,9H,3-4,7-8H2. The molecule has 0 saturated carbocycles. The molecule has 0 aliphatic carbocycles. The molecule has 1 aliphatic rings. The van der Waals surface area contributed by atoms with Gasteiger partial charge in [-0.2, -0.15) is 4.68 Å². The van der Waals surface area contributed by atoms with E-state index in [2.05, 4.69) is 10.1 Å². The first kappa shape index (κ1) is 14.8. The van der Waals surface area contributed by atoms with Crippen LogP contribution in [0.3, 0.4) is 0 Å². The van der Waals surface area contributed by atoms with Crippen LogP contribution in [0.4, 0.5) is 5.95 Å². The van der Waals surface area contributed by atoms with E-state index < -0.39 is 10.9 Å². The largest absolute Gasteiger partial charge is 0.490 e. The molecule has 2 aromatic rings. The van der Waals surface area contributed by atoms with Gasteiger partial charge in [0.15, 0.2) is 0 Å². The number of unbranched alkanes of at least 4 members (excludes halogenated alkanes) is 1. The molecule has 23 heavy (non-hydrogen) atoms. The lowest BCUT2D eigenvalue weighted by Crippen LogP contribution is -2.30. The second-order valence-electron chi connectivity index (χ2n) is 5.08. The Morgan fingerprint density at radius 2 is 1.65 bits per heavy atom. The van der Waals surface area contributed by atoms with Crippen molar-refractivity contribution in [2.24, 2.45) is 0 Å². The van der Waals surface area contributed by atoms with Crippen molar-refractivity contribution in [1.29, 1.82) is 0 Å². The highest BCUT2D eigenvalue weighted by Gasteiger charge is 2.34. The number of benzene rings is 1. The zero-order chi connectivity index (χ0) is 16.4. The van der Waals surface area contributed by atoms with Crippen LogP contribution in [0.5, 0.6) is 0 Å². The monoisotopic (exact) mass is 315 g/mol. The maximum absolute atomic E-state index is 12.2. The zero-order valence-electron chi connectivity index (χ0n) is 12.1. The molecule has 0 atom stereocenters. The lowest BCUT2D eigenvalue weighted by Gasteiger charge is -2.12. The number of aromatic nitrogens is 3. The molecule has 9 heteroatoms. The van der Waals surface area contributed by atoms with Crippen LogP contribution in [0.25, 0.3) is 0 Å². The van der Waals surface area contributed by atoms with Crippen LogP contribution in [0.2, 0.25) is 0 Å². The SMILES string of the molecule is O=C1c2ccccc2C(=O)N1CCCCn1cnc([N+](=O)[O-])n1. The van der Waals surface area contributed by atoms with Gasteiger partial charge in [0.05, 0.1) is 17.7 Å². The van der Waals surface area contributed by atoms with Gasteiger partial charge in [0.25, 0.3) is 11.8 Å². The number of imide groups is 1. The Morgan fingerprint density at radius 1 is 1.04 bits per heavy atom. The maximum Gasteiger partial charge on any atom is 0.490 e. The normalized spacial score (nSPS) is 13.5. The number of nitrogens with zero attached hydrogens (tertiary/aromatic N) is 5. The van der Waals surface area contributed by atoms with E-state index in [1.165, 1.54) is 15.9 Å². The van der Waals surface area contributed by atoms with E-state index in [4.69, 9.17) is 0 Å². The Labute approximate surface area is 130 Å². The van der Waals surface area contributed by atoms with E-state index >= 15 is 0 Å². The van der Waals surface area contributed by atoms with Gasteiger partial charge in [-0.15, -0.1) is 0 Å². The predicted molar refractivity (Wildman–Crippen MR) is 77.7 cm³/mol. The Morgan fingerprint density at radius 3 is 2.22 bits per heavy atom. The topological polar surface area (TPSA) is 111 Å². The molecule has 0 spiro atoms. The average Bonchev–Trinajstić information content (AvgIpc) is 3.11. The van der Waals surface area contributed by atoms with Gasteiger partial charge in [-0.05, 0) is 29.9 Å². The number of fused-ring (bicyclic) bond motifs is 1. The van der Waals surface area contributed by atoms with Crippen LogP contribution >= 0.6 is 0 Å². The van der Waals surface area contributed by atoms with Crippen LogP contribution in [-0.4, -0.2) is 42.9 Å². The first-order valence-electron chi connectivity index (χ1n) is 7.07. The first-order valence-corrected chi connectivity index (χ1v) is 7.07. The average molecular weight is 315 g/mol. The summed E-state index contributed by atoms with van der Waals surface area (Å²) in [7, 11) is 0. The van der Waals surface area contributed by atoms with Crippen molar-refractivity contribution in [3.05, 3.63) is 51.8 Å². The van der Waals surface area contributed by atoms with Crippen LogP contribution in [0.15, 0.2) is 30.6 Å². The Bertz CT molecular complexity index is 750. The fourth-order valence-corrected chi connectivity index (χ4v) is 2.46. The Kier molecular flexibility index (Phi) is 3.83. The van der Waals surface area contributed by atoms with E-state index in [-0.39, 0.29) is 11.8 Å². The molecule has 0 bridgehead atoms. The molecule has 0 N–H and O–H groups in total. The Hall–Kier alpha value is -3.10. The van der Waals surface area contributed by atoms with Crippen LogP contribution in [0, 0.1) is 10.1 Å². The smallest absolute Gasteiger partial charge is 0.390 e. The molecule has 9 nitrogen and oxygen atoms in total. The van der Waals surface area contributed by atoms with E-state index in [0.717, 1.165) is 0 Å². The maximum atomic E-state index is 12.2. The zero-order valence-corrected chi connectivity index (χ0v) is 12.1. The van der Waals surface area contributed by atoms with Gasteiger partial charge in [0.1, 0.15) is 0 Å². The molecule has 1 aromatic carbocycles. The van der Waals surface area contributed by atoms with E-state index in [9.17, 15) is 19.7 Å². The highest BCUT2D eigenvalue weighted by Crippen LogP contribution is 2.22. The van der Waals surface area contributed by atoms with Gasteiger partial charge in [-0.3, -0.25) is 14.5 Å². The first-order chi connectivity index (χ1) is 11.1. The highest BCUT2D eigenvalue weighted by molar-refractivity contribution is 6.21.